The Balaban J connectivity index is 1.75. The van der Waals surface area contributed by atoms with Crippen molar-refractivity contribution in [2.24, 2.45) is 0 Å². The van der Waals surface area contributed by atoms with Crippen LogP contribution in [0.4, 0.5) is 5.69 Å². The zero-order valence-corrected chi connectivity index (χ0v) is 11.6. The third kappa shape index (κ3) is 2.86. The van der Waals surface area contributed by atoms with Gasteiger partial charge in [-0.2, -0.15) is 0 Å². The van der Waals surface area contributed by atoms with Crippen molar-refractivity contribution in [2.45, 2.75) is 6.92 Å². The number of H-pyrrole nitrogens is 1. The Labute approximate surface area is 122 Å². The number of hydrogen-bond donors (Lipinski definition) is 2. The molecule has 0 aliphatic carbocycles. The van der Waals surface area contributed by atoms with Gasteiger partial charge >= 0.3 is 0 Å². The van der Waals surface area contributed by atoms with Crippen molar-refractivity contribution in [1.82, 2.24) is 9.97 Å². The number of pyridine rings is 1. The van der Waals surface area contributed by atoms with Crippen LogP contribution in [0.15, 0.2) is 48.8 Å². The first-order chi connectivity index (χ1) is 10.3. The van der Waals surface area contributed by atoms with Gasteiger partial charge < -0.3 is 15.0 Å². The molecule has 0 spiro atoms. The molecule has 2 N–H and O–H groups in total. The normalized spacial score (nSPS) is 10.5. The highest BCUT2D eigenvalue weighted by Gasteiger charge is 2.07. The molecule has 2 heterocycles. The van der Waals surface area contributed by atoms with E-state index in [4.69, 9.17) is 4.74 Å². The van der Waals surface area contributed by atoms with Crippen molar-refractivity contribution in [3.8, 4) is 5.88 Å². The first-order valence-electron chi connectivity index (χ1n) is 6.73. The van der Waals surface area contributed by atoms with Crippen molar-refractivity contribution >= 4 is 22.5 Å². The molecule has 1 amide bonds. The van der Waals surface area contributed by atoms with Crippen LogP contribution in [0.5, 0.6) is 5.88 Å². The molecular formula is C16H15N3O2. The van der Waals surface area contributed by atoms with Crippen LogP contribution >= 0.6 is 0 Å². The van der Waals surface area contributed by atoms with Gasteiger partial charge in [0.15, 0.2) is 0 Å². The molecule has 3 rings (SSSR count). The lowest BCUT2D eigenvalue weighted by atomic mass is 10.1. The first-order valence-corrected chi connectivity index (χ1v) is 6.73. The average Bonchev–Trinajstić information content (AvgIpc) is 2.97. The van der Waals surface area contributed by atoms with Gasteiger partial charge in [0.1, 0.15) is 0 Å². The molecule has 0 radical (unpaired) electrons. The summed E-state index contributed by atoms with van der Waals surface area (Å²) in [4.78, 5) is 19.4. The lowest BCUT2D eigenvalue weighted by Crippen LogP contribution is -2.12. The van der Waals surface area contributed by atoms with Crippen LogP contribution in [0.25, 0.3) is 10.9 Å². The van der Waals surface area contributed by atoms with Crippen molar-refractivity contribution < 1.29 is 9.53 Å². The zero-order valence-electron chi connectivity index (χ0n) is 11.6. The summed E-state index contributed by atoms with van der Waals surface area (Å²) in [5.74, 6) is 0.376. The quantitative estimate of drug-likeness (QED) is 0.771. The second kappa shape index (κ2) is 5.66. The Morgan fingerprint density at radius 3 is 2.95 bits per heavy atom. The van der Waals surface area contributed by atoms with E-state index in [-0.39, 0.29) is 5.91 Å². The molecule has 1 aromatic carbocycles. The molecule has 0 atom stereocenters. The van der Waals surface area contributed by atoms with E-state index in [0.717, 1.165) is 10.9 Å². The number of aromatic nitrogens is 2. The van der Waals surface area contributed by atoms with Crippen molar-refractivity contribution in [3.63, 3.8) is 0 Å². The number of carbonyl (C=O) groups excluding carboxylic acids is 1. The number of amides is 1. The molecule has 3 aromatic rings. The largest absolute Gasteiger partial charge is 0.478 e. The monoisotopic (exact) mass is 281 g/mol. The fourth-order valence-corrected chi connectivity index (χ4v) is 2.08. The number of rotatable bonds is 4. The van der Waals surface area contributed by atoms with Crippen LogP contribution in [0.3, 0.4) is 0 Å². The number of nitrogens with zero attached hydrogens (tertiary/aromatic N) is 1. The van der Waals surface area contributed by atoms with Crippen LogP contribution in [0.2, 0.25) is 0 Å². The Bertz CT molecular complexity index is 763. The summed E-state index contributed by atoms with van der Waals surface area (Å²) in [6, 6.07) is 11.0. The summed E-state index contributed by atoms with van der Waals surface area (Å²) in [6.45, 7) is 2.46. The second-order valence-electron chi connectivity index (χ2n) is 4.55. The van der Waals surface area contributed by atoms with E-state index in [1.54, 1.807) is 24.4 Å². The maximum absolute atomic E-state index is 12.2. The van der Waals surface area contributed by atoms with E-state index in [2.05, 4.69) is 15.3 Å². The second-order valence-corrected chi connectivity index (χ2v) is 4.55. The van der Waals surface area contributed by atoms with Gasteiger partial charge in [-0.3, -0.25) is 4.79 Å². The van der Waals surface area contributed by atoms with Gasteiger partial charge in [-0.05, 0) is 36.6 Å². The van der Waals surface area contributed by atoms with Crippen LogP contribution in [-0.2, 0) is 0 Å². The molecule has 0 saturated carbocycles. The van der Waals surface area contributed by atoms with Crippen molar-refractivity contribution in [1.29, 1.82) is 0 Å². The Morgan fingerprint density at radius 1 is 1.29 bits per heavy atom. The summed E-state index contributed by atoms with van der Waals surface area (Å²) < 4.78 is 5.26. The smallest absolute Gasteiger partial charge is 0.255 e. The Morgan fingerprint density at radius 2 is 2.19 bits per heavy atom. The highest BCUT2D eigenvalue weighted by Crippen LogP contribution is 2.16. The number of hydrogen-bond acceptors (Lipinski definition) is 3. The molecule has 5 heteroatoms. The van der Waals surface area contributed by atoms with E-state index in [0.29, 0.717) is 23.7 Å². The third-order valence-corrected chi connectivity index (χ3v) is 3.10. The van der Waals surface area contributed by atoms with Gasteiger partial charge in [0.05, 0.1) is 18.5 Å². The summed E-state index contributed by atoms with van der Waals surface area (Å²) >= 11 is 0. The standard InChI is InChI=1S/C16H15N3O2/c1-2-21-15-6-5-13(10-18-15)19-16(20)12-4-3-11-7-8-17-14(11)9-12/h3-10,17H,2H2,1H3,(H,19,20). The van der Waals surface area contributed by atoms with E-state index in [9.17, 15) is 4.79 Å². The molecule has 0 aliphatic rings. The number of nitrogens with one attached hydrogen (secondary N) is 2. The number of anilines is 1. The lowest BCUT2D eigenvalue weighted by molar-refractivity contribution is 0.102. The van der Waals surface area contributed by atoms with Crippen LogP contribution < -0.4 is 10.1 Å². The van der Waals surface area contributed by atoms with Crippen molar-refractivity contribution in [3.05, 3.63) is 54.4 Å². The summed E-state index contributed by atoms with van der Waals surface area (Å²) in [6.07, 6.45) is 3.43. The zero-order chi connectivity index (χ0) is 14.7. The van der Waals surface area contributed by atoms with E-state index in [1.165, 1.54) is 0 Å². The van der Waals surface area contributed by atoms with Gasteiger partial charge in [0.2, 0.25) is 5.88 Å². The fourth-order valence-electron chi connectivity index (χ4n) is 2.08. The molecule has 0 unspecified atom stereocenters. The molecule has 0 fully saturated rings. The molecule has 0 bridgehead atoms. The average molecular weight is 281 g/mol. The highest BCUT2D eigenvalue weighted by molar-refractivity contribution is 6.06. The van der Waals surface area contributed by atoms with E-state index >= 15 is 0 Å². The van der Waals surface area contributed by atoms with Gasteiger partial charge in [0, 0.05) is 23.3 Å². The number of benzene rings is 1. The molecule has 5 nitrogen and oxygen atoms in total. The molecule has 0 saturated heterocycles. The molecule has 21 heavy (non-hydrogen) atoms. The highest BCUT2D eigenvalue weighted by atomic mass is 16.5. The maximum Gasteiger partial charge on any atom is 0.255 e. The number of carbonyl (C=O) groups is 1. The van der Waals surface area contributed by atoms with Crippen LogP contribution in [-0.4, -0.2) is 22.5 Å². The Kier molecular flexibility index (Phi) is 3.55. The SMILES string of the molecule is CCOc1ccc(NC(=O)c2ccc3cc[nH]c3c2)cn1. The molecule has 106 valence electrons. The minimum absolute atomic E-state index is 0.169. The third-order valence-electron chi connectivity index (χ3n) is 3.10. The minimum Gasteiger partial charge on any atom is -0.478 e. The molecular weight excluding hydrogens is 266 g/mol. The van der Waals surface area contributed by atoms with Crippen LogP contribution in [0.1, 0.15) is 17.3 Å². The predicted octanol–water partition coefficient (Wildman–Crippen LogP) is 3.21. The van der Waals surface area contributed by atoms with Gasteiger partial charge in [-0.1, -0.05) is 6.07 Å². The minimum atomic E-state index is -0.169. The van der Waals surface area contributed by atoms with Gasteiger partial charge in [0.25, 0.3) is 5.91 Å². The molecule has 0 aliphatic heterocycles. The Hall–Kier alpha value is -2.82. The lowest BCUT2D eigenvalue weighted by Gasteiger charge is -2.06. The number of aromatic amines is 1. The molecule has 2 aromatic heterocycles. The summed E-state index contributed by atoms with van der Waals surface area (Å²) in [7, 11) is 0. The topological polar surface area (TPSA) is 67.0 Å². The maximum atomic E-state index is 12.2. The summed E-state index contributed by atoms with van der Waals surface area (Å²) in [5.41, 5.74) is 2.17. The summed E-state index contributed by atoms with van der Waals surface area (Å²) in [5, 5.41) is 3.89. The fraction of sp³-hybridized carbons (Fsp3) is 0.125. The first kappa shape index (κ1) is 13.2. The van der Waals surface area contributed by atoms with E-state index in [1.807, 2.05) is 31.3 Å². The van der Waals surface area contributed by atoms with E-state index < -0.39 is 0 Å². The number of ether oxygens (including phenoxy) is 1. The van der Waals surface area contributed by atoms with Gasteiger partial charge in [-0.15, -0.1) is 0 Å². The van der Waals surface area contributed by atoms with Gasteiger partial charge in [-0.25, -0.2) is 4.98 Å². The predicted molar refractivity (Wildman–Crippen MR) is 81.7 cm³/mol. The van der Waals surface area contributed by atoms with Crippen LogP contribution in [0, 0.1) is 0 Å². The van der Waals surface area contributed by atoms with Crippen molar-refractivity contribution in [2.75, 3.05) is 11.9 Å². The number of fused-ring (bicyclic) bond motifs is 1.